The molecule has 1 amide bonds. The topological polar surface area (TPSA) is 41.6 Å². The average molecular weight is 254 g/mol. The van der Waals surface area contributed by atoms with Gasteiger partial charge in [0.1, 0.15) is 0 Å². The van der Waals surface area contributed by atoms with Gasteiger partial charge in [-0.15, -0.1) is 0 Å². The Kier molecular flexibility index (Phi) is 5.01. The van der Waals surface area contributed by atoms with E-state index in [0.29, 0.717) is 12.5 Å². The highest BCUT2D eigenvalue weighted by Gasteiger charge is 2.30. The summed E-state index contributed by atoms with van der Waals surface area (Å²) in [5, 5.41) is 3.29. The largest absolute Gasteiger partial charge is 0.381 e. The van der Waals surface area contributed by atoms with Crippen LogP contribution >= 0.6 is 0 Å². The van der Waals surface area contributed by atoms with Gasteiger partial charge in [-0.25, -0.2) is 0 Å². The zero-order chi connectivity index (χ0) is 13.0. The van der Waals surface area contributed by atoms with E-state index in [4.69, 9.17) is 4.74 Å². The Bertz CT molecular complexity index is 277. The van der Waals surface area contributed by atoms with E-state index >= 15 is 0 Å². The van der Waals surface area contributed by atoms with Crippen molar-refractivity contribution in [1.82, 2.24) is 10.2 Å². The third-order valence-corrected chi connectivity index (χ3v) is 3.62. The summed E-state index contributed by atoms with van der Waals surface area (Å²) in [7, 11) is 0. The molecule has 1 heterocycles. The van der Waals surface area contributed by atoms with Crippen molar-refractivity contribution in [3.63, 3.8) is 0 Å². The van der Waals surface area contributed by atoms with Gasteiger partial charge in [0.2, 0.25) is 5.91 Å². The summed E-state index contributed by atoms with van der Waals surface area (Å²) in [5.74, 6) is 1.68. The average Bonchev–Trinajstić information content (AvgIpc) is 3.07. The second-order valence-corrected chi connectivity index (χ2v) is 5.99. The zero-order valence-electron chi connectivity index (χ0n) is 11.7. The van der Waals surface area contributed by atoms with E-state index in [-0.39, 0.29) is 12.1 Å². The molecule has 2 rings (SSSR count). The SMILES string of the molecule is CC(C)CC1NCC(=O)N1CCCOCC1CC1. The quantitative estimate of drug-likeness (QED) is 0.669. The van der Waals surface area contributed by atoms with E-state index in [0.717, 1.165) is 38.5 Å². The highest BCUT2D eigenvalue weighted by Crippen LogP contribution is 2.28. The van der Waals surface area contributed by atoms with Crippen molar-refractivity contribution < 1.29 is 9.53 Å². The van der Waals surface area contributed by atoms with Gasteiger partial charge in [0.05, 0.1) is 12.7 Å². The van der Waals surface area contributed by atoms with Crippen LogP contribution in [0.3, 0.4) is 0 Å². The van der Waals surface area contributed by atoms with Gasteiger partial charge in [-0.05, 0) is 37.5 Å². The fourth-order valence-electron chi connectivity index (χ4n) is 2.40. The van der Waals surface area contributed by atoms with Crippen molar-refractivity contribution in [3.8, 4) is 0 Å². The van der Waals surface area contributed by atoms with Gasteiger partial charge in [-0.1, -0.05) is 13.8 Å². The summed E-state index contributed by atoms with van der Waals surface area (Å²) in [6.45, 7) is 7.42. The van der Waals surface area contributed by atoms with Crippen molar-refractivity contribution in [3.05, 3.63) is 0 Å². The second kappa shape index (κ2) is 6.53. The summed E-state index contributed by atoms with van der Waals surface area (Å²) in [4.78, 5) is 13.8. The van der Waals surface area contributed by atoms with E-state index in [2.05, 4.69) is 19.2 Å². The molecule has 2 fully saturated rings. The lowest BCUT2D eigenvalue weighted by atomic mass is 10.1. The minimum absolute atomic E-state index is 0.237. The molecule has 1 N–H and O–H groups in total. The molecule has 4 heteroatoms. The molecule has 104 valence electrons. The van der Waals surface area contributed by atoms with Gasteiger partial charge in [-0.3, -0.25) is 10.1 Å². The Labute approximate surface area is 110 Å². The van der Waals surface area contributed by atoms with Crippen LogP contribution in [-0.4, -0.2) is 43.3 Å². The maximum atomic E-state index is 11.8. The Hall–Kier alpha value is -0.610. The second-order valence-electron chi connectivity index (χ2n) is 5.99. The molecule has 0 bridgehead atoms. The maximum absolute atomic E-state index is 11.8. The number of nitrogens with zero attached hydrogens (tertiary/aromatic N) is 1. The molecule has 2 aliphatic rings. The maximum Gasteiger partial charge on any atom is 0.237 e. The molecule has 1 aliphatic heterocycles. The Balaban J connectivity index is 1.63. The molecule has 0 spiro atoms. The molecular weight excluding hydrogens is 228 g/mol. The van der Waals surface area contributed by atoms with Crippen LogP contribution in [0.1, 0.15) is 39.5 Å². The van der Waals surface area contributed by atoms with Crippen LogP contribution in [0.5, 0.6) is 0 Å². The molecule has 0 aromatic rings. The van der Waals surface area contributed by atoms with Gasteiger partial charge in [0.15, 0.2) is 0 Å². The summed E-state index contributed by atoms with van der Waals surface area (Å²) in [6, 6.07) is 0. The van der Waals surface area contributed by atoms with E-state index in [1.165, 1.54) is 12.8 Å². The molecule has 1 saturated carbocycles. The van der Waals surface area contributed by atoms with Gasteiger partial charge >= 0.3 is 0 Å². The summed E-state index contributed by atoms with van der Waals surface area (Å²) >= 11 is 0. The van der Waals surface area contributed by atoms with E-state index in [1.54, 1.807) is 0 Å². The Morgan fingerprint density at radius 1 is 1.44 bits per heavy atom. The predicted octanol–water partition coefficient (Wildman–Crippen LogP) is 1.61. The summed E-state index contributed by atoms with van der Waals surface area (Å²) in [6.07, 6.45) is 4.90. The molecule has 1 unspecified atom stereocenters. The molecule has 0 aromatic heterocycles. The summed E-state index contributed by atoms with van der Waals surface area (Å²) < 4.78 is 5.61. The van der Waals surface area contributed by atoms with Crippen LogP contribution < -0.4 is 5.32 Å². The fraction of sp³-hybridized carbons (Fsp3) is 0.929. The van der Waals surface area contributed by atoms with E-state index in [1.807, 2.05) is 4.90 Å². The van der Waals surface area contributed by atoms with Crippen LogP contribution in [0.15, 0.2) is 0 Å². The van der Waals surface area contributed by atoms with Gasteiger partial charge in [0, 0.05) is 19.8 Å². The third-order valence-electron chi connectivity index (χ3n) is 3.62. The number of hydrogen-bond acceptors (Lipinski definition) is 3. The van der Waals surface area contributed by atoms with Crippen LogP contribution in [0.25, 0.3) is 0 Å². The fourth-order valence-corrected chi connectivity index (χ4v) is 2.40. The number of carbonyl (C=O) groups is 1. The number of amides is 1. The number of ether oxygens (including phenoxy) is 1. The molecule has 1 saturated heterocycles. The molecule has 0 aromatic carbocycles. The standard InChI is InChI=1S/C14H26N2O2/c1-11(2)8-13-15-9-14(17)16(13)6-3-7-18-10-12-4-5-12/h11-13,15H,3-10H2,1-2H3. The lowest BCUT2D eigenvalue weighted by Gasteiger charge is -2.25. The van der Waals surface area contributed by atoms with Crippen LogP contribution in [-0.2, 0) is 9.53 Å². The first kappa shape index (κ1) is 13.8. The van der Waals surface area contributed by atoms with Gasteiger partial charge < -0.3 is 9.64 Å². The van der Waals surface area contributed by atoms with Crippen molar-refractivity contribution in [2.45, 2.75) is 45.7 Å². The zero-order valence-corrected chi connectivity index (χ0v) is 11.7. The number of carbonyl (C=O) groups excluding carboxylic acids is 1. The molecule has 18 heavy (non-hydrogen) atoms. The Morgan fingerprint density at radius 3 is 2.89 bits per heavy atom. The molecular formula is C14H26N2O2. The lowest BCUT2D eigenvalue weighted by Crippen LogP contribution is -2.39. The predicted molar refractivity (Wildman–Crippen MR) is 71.1 cm³/mol. The number of rotatable bonds is 8. The number of hydrogen-bond donors (Lipinski definition) is 1. The highest BCUT2D eigenvalue weighted by atomic mass is 16.5. The molecule has 1 aliphatic carbocycles. The first-order valence-corrected chi connectivity index (χ1v) is 7.27. The van der Waals surface area contributed by atoms with Crippen molar-refractivity contribution >= 4 is 5.91 Å². The first-order chi connectivity index (χ1) is 8.66. The highest BCUT2D eigenvalue weighted by molar-refractivity contribution is 5.80. The minimum Gasteiger partial charge on any atom is -0.381 e. The van der Waals surface area contributed by atoms with Gasteiger partial charge in [0.25, 0.3) is 0 Å². The molecule has 4 nitrogen and oxygen atoms in total. The minimum atomic E-state index is 0.237. The van der Waals surface area contributed by atoms with Crippen LogP contribution in [0.4, 0.5) is 0 Å². The third kappa shape index (κ3) is 4.25. The smallest absolute Gasteiger partial charge is 0.237 e. The Morgan fingerprint density at radius 2 is 2.22 bits per heavy atom. The molecule has 0 radical (unpaired) electrons. The van der Waals surface area contributed by atoms with Crippen LogP contribution in [0.2, 0.25) is 0 Å². The summed E-state index contributed by atoms with van der Waals surface area (Å²) in [5.41, 5.74) is 0. The first-order valence-electron chi connectivity index (χ1n) is 7.27. The molecule has 1 atom stereocenters. The van der Waals surface area contributed by atoms with E-state index < -0.39 is 0 Å². The lowest BCUT2D eigenvalue weighted by molar-refractivity contribution is -0.128. The van der Waals surface area contributed by atoms with Crippen LogP contribution in [0, 0.1) is 11.8 Å². The van der Waals surface area contributed by atoms with Gasteiger partial charge in [-0.2, -0.15) is 0 Å². The van der Waals surface area contributed by atoms with Crippen molar-refractivity contribution in [2.24, 2.45) is 11.8 Å². The van der Waals surface area contributed by atoms with Crippen molar-refractivity contribution in [2.75, 3.05) is 26.3 Å². The number of nitrogens with one attached hydrogen (secondary N) is 1. The van der Waals surface area contributed by atoms with E-state index in [9.17, 15) is 4.79 Å². The monoisotopic (exact) mass is 254 g/mol. The normalized spacial score (nSPS) is 24.3. The van der Waals surface area contributed by atoms with Crippen molar-refractivity contribution in [1.29, 1.82) is 0 Å².